The van der Waals surface area contributed by atoms with Crippen LogP contribution in [0.4, 0.5) is 11.4 Å². The van der Waals surface area contributed by atoms with Gasteiger partial charge in [0, 0.05) is 12.1 Å². The number of rotatable bonds is 9. The Morgan fingerprint density at radius 2 is 1.58 bits per heavy atom. The van der Waals surface area contributed by atoms with Crippen LogP contribution in [0, 0.1) is 24.0 Å². The topological polar surface area (TPSA) is 113 Å². The Kier molecular flexibility index (Phi) is 7.20. The Labute approximate surface area is 207 Å². The van der Waals surface area contributed by atoms with E-state index in [-0.39, 0.29) is 29.5 Å². The highest BCUT2D eigenvalue weighted by molar-refractivity contribution is 6.02. The molecule has 184 valence electrons. The zero-order chi connectivity index (χ0) is 25.7. The van der Waals surface area contributed by atoms with E-state index in [2.05, 4.69) is 5.32 Å². The van der Waals surface area contributed by atoms with Crippen molar-refractivity contribution in [1.29, 1.82) is 0 Å². The number of nitro groups is 1. The molecule has 0 bridgehead atoms. The summed E-state index contributed by atoms with van der Waals surface area (Å²) >= 11 is 0. The molecule has 0 unspecified atom stereocenters. The zero-order valence-corrected chi connectivity index (χ0v) is 19.9. The number of furan rings is 1. The van der Waals surface area contributed by atoms with Crippen molar-refractivity contribution in [3.63, 3.8) is 0 Å². The third kappa shape index (κ3) is 6.20. The fraction of sp³-hybridized carbons (Fsp3) is 0.148. The quantitative estimate of drug-likeness (QED) is 0.213. The molecular formula is C27H24N2O7. The van der Waals surface area contributed by atoms with E-state index in [1.165, 1.54) is 24.3 Å². The molecule has 0 fully saturated rings. The van der Waals surface area contributed by atoms with Crippen molar-refractivity contribution in [3.05, 3.63) is 106 Å². The first-order chi connectivity index (χ1) is 17.3. The van der Waals surface area contributed by atoms with E-state index in [1.807, 2.05) is 32.0 Å². The average molecular weight is 488 g/mol. The summed E-state index contributed by atoms with van der Waals surface area (Å²) in [5.74, 6) is 1.92. The number of nitrogens with zero attached hydrogens (tertiary/aromatic N) is 1. The summed E-state index contributed by atoms with van der Waals surface area (Å²) in [7, 11) is 1.55. The molecule has 0 atom stereocenters. The second-order valence-electron chi connectivity index (χ2n) is 8.08. The third-order valence-corrected chi connectivity index (χ3v) is 5.12. The number of hydrogen-bond donors (Lipinski definition) is 1. The molecule has 9 nitrogen and oxygen atoms in total. The molecule has 0 aliphatic heterocycles. The first kappa shape index (κ1) is 24.3. The molecule has 0 radical (unpaired) electrons. The van der Waals surface area contributed by atoms with Gasteiger partial charge in [-0.2, -0.15) is 0 Å². The van der Waals surface area contributed by atoms with Crippen molar-refractivity contribution in [1.82, 2.24) is 0 Å². The number of carbonyl (C=O) groups is 1. The van der Waals surface area contributed by atoms with Gasteiger partial charge in [-0.1, -0.05) is 6.07 Å². The molecule has 1 heterocycles. The lowest BCUT2D eigenvalue weighted by Crippen LogP contribution is -2.11. The van der Waals surface area contributed by atoms with E-state index in [4.69, 9.17) is 18.6 Å². The minimum absolute atomic E-state index is 0.0400. The van der Waals surface area contributed by atoms with Gasteiger partial charge < -0.3 is 23.9 Å². The van der Waals surface area contributed by atoms with Gasteiger partial charge in [0.2, 0.25) is 0 Å². The maximum absolute atomic E-state index is 12.7. The van der Waals surface area contributed by atoms with Crippen molar-refractivity contribution >= 4 is 17.3 Å². The molecule has 9 heteroatoms. The van der Waals surface area contributed by atoms with Crippen LogP contribution in [0.1, 0.15) is 27.4 Å². The number of benzene rings is 3. The lowest BCUT2D eigenvalue weighted by molar-refractivity contribution is -0.384. The molecule has 36 heavy (non-hydrogen) atoms. The standard InChI is InChI=1S/C27H24N2O7/c1-17-10-18(2)12-24(11-17)34-16-23-8-9-26(36-23)27(30)28-19-13-20(29(31)32)15-25(14-19)35-22-6-4-21(33-3)5-7-22/h4-15H,16H2,1-3H3,(H,28,30). The number of nitro benzene ring substituents is 1. The summed E-state index contributed by atoms with van der Waals surface area (Å²) < 4.78 is 22.2. The highest BCUT2D eigenvalue weighted by Crippen LogP contribution is 2.31. The van der Waals surface area contributed by atoms with Crippen LogP contribution in [-0.4, -0.2) is 17.9 Å². The first-order valence-corrected chi connectivity index (χ1v) is 11.0. The lowest BCUT2D eigenvalue weighted by atomic mass is 10.1. The number of methoxy groups -OCH3 is 1. The largest absolute Gasteiger partial charge is 0.497 e. The van der Waals surface area contributed by atoms with E-state index in [1.54, 1.807) is 37.4 Å². The summed E-state index contributed by atoms with van der Waals surface area (Å²) in [4.78, 5) is 23.6. The fourth-order valence-corrected chi connectivity index (χ4v) is 3.54. The van der Waals surface area contributed by atoms with Crippen molar-refractivity contribution in [3.8, 4) is 23.0 Å². The van der Waals surface area contributed by atoms with Crippen LogP contribution in [0.5, 0.6) is 23.0 Å². The highest BCUT2D eigenvalue weighted by atomic mass is 16.6. The fourth-order valence-electron chi connectivity index (χ4n) is 3.54. The molecule has 4 rings (SSSR count). The monoisotopic (exact) mass is 488 g/mol. The highest BCUT2D eigenvalue weighted by Gasteiger charge is 2.16. The van der Waals surface area contributed by atoms with E-state index >= 15 is 0 Å². The van der Waals surface area contributed by atoms with Gasteiger partial charge in [0.1, 0.15) is 35.4 Å². The van der Waals surface area contributed by atoms with E-state index in [9.17, 15) is 14.9 Å². The van der Waals surface area contributed by atoms with Crippen molar-refractivity contribution in [2.24, 2.45) is 0 Å². The van der Waals surface area contributed by atoms with Crippen LogP contribution in [-0.2, 0) is 6.61 Å². The van der Waals surface area contributed by atoms with Gasteiger partial charge >= 0.3 is 0 Å². The molecule has 1 aromatic heterocycles. The number of nitrogens with one attached hydrogen (secondary N) is 1. The predicted molar refractivity (Wildman–Crippen MR) is 133 cm³/mol. The Hall–Kier alpha value is -4.79. The minimum atomic E-state index is -0.566. The SMILES string of the molecule is COc1ccc(Oc2cc(NC(=O)c3ccc(COc4cc(C)cc(C)c4)o3)cc([N+](=O)[O-])c2)cc1. The Morgan fingerprint density at radius 1 is 0.889 bits per heavy atom. The normalized spacial score (nSPS) is 10.5. The lowest BCUT2D eigenvalue weighted by Gasteiger charge is -2.09. The maximum Gasteiger partial charge on any atom is 0.291 e. The second-order valence-corrected chi connectivity index (χ2v) is 8.08. The van der Waals surface area contributed by atoms with Crippen molar-refractivity contribution in [2.45, 2.75) is 20.5 Å². The maximum atomic E-state index is 12.7. The second kappa shape index (κ2) is 10.6. The van der Waals surface area contributed by atoms with E-state index in [0.29, 0.717) is 23.0 Å². The van der Waals surface area contributed by atoms with Crippen LogP contribution in [0.2, 0.25) is 0 Å². The summed E-state index contributed by atoms with van der Waals surface area (Å²) in [6.07, 6.45) is 0. The molecular weight excluding hydrogens is 464 g/mol. The Balaban J connectivity index is 1.45. The van der Waals surface area contributed by atoms with E-state index < -0.39 is 10.8 Å². The average Bonchev–Trinajstić information content (AvgIpc) is 3.32. The molecule has 0 aliphatic rings. The number of ether oxygens (including phenoxy) is 3. The number of non-ortho nitro benzene ring substituents is 1. The Bertz CT molecular complexity index is 1370. The molecule has 0 aliphatic carbocycles. The van der Waals surface area contributed by atoms with Crippen LogP contribution in [0.15, 0.2) is 77.2 Å². The molecule has 3 aromatic carbocycles. The summed E-state index contributed by atoms with van der Waals surface area (Å²) in [5.41, 5.74) is 2.11. The third-order valence-electron chi connectivity index (χ3n) is 5.12. The Morgan fingerprint density at radius 3 is 2.25 bits per heavy atom. The molecule has 1 N–H and O–H groups in total. The number of aryl methyl sites for hydroxylation is 2. The number of hydrogen-bond acceptors (Lipinski definition) is 7. The van der Waals surface area contributed by atoms with Crippen molar-refractivity contribution < 1.29 is 28.3 Å². The number of carbonyl (C=O) groups excluding carboxylic acids is 1. The summed E-state index contributed by atoms with van der Waals surface area (Å²) in [6.45, 7) is 4.11. The van der Waals surface area contributed by atoms with Gasteiger partial charge in [0.05, 0.1) is 23.8 Å². The van der Waals surface area contributed by atoms with Gasteiger partial charge in [-0.25, -0.2) is 0 Å². The predicted octanol–water partition coefficient (Wildman–Crippen LogP) is 6.44. The van der Waals surface area contributed by atoms with E-state index in [0.717, 1.165) is 11.1 Å². The molecule has 4 aromatic rings. The van der Waals surface area contributed by atoms with Gasteiger partial charge in [-0.05, 0) is 73.5 Å². The summed E-state index contributed by atoms with van der Waals surface area (Å²) in [5, 5.41) is 14.0. The molecule has 0 spiro atoms. The smallest absolute Gasteiger partial charge is 0.291 e. The zero-order valence-electron chi connectivity index (χ0n) is 19.9. The minimum Gasteiger partial charge on any atom is -0.497 e. The molecule has 0 saturated carbocycles. The molecule has 1 amide bonds. The number of anilines is 1. The summed E-state index contributed by atoms with van der Waals surface area (Å²) in [6, 6.07) is 19.8. The van der Waals surface area contributed by atoms with Gasteiger partial charge in [-0.15, -0.1) is 0 Å². The van der Waals surface area contributed by atoms with Gasteiger partial charge in [-0.3, -0.25) is 14.9 Å². The first-order valence-electron chi connectivity index (χ1n) is 11.0. The van der Waals surface area contributed by atoms with Crippen molar-refractivity contribution in [2.75, 3.05) is 12.4 Å². The van der Waals surface area contributed by atoms with Crippen LogP contribution < -0.4 is 19.5 Å². The van der Waals surface area contributed by atoms with Gasteiger partial charge in [0.15, 0.2) is 5.76 Å². The van der Waals surface area contributed by atoms with Crippen LogP contribution in [0.3, 0.4) is 0 Å². The van der Waals surface area contributed by atoms with Gasteiger partial charge in [0.25, 0.3) is 11.6 Å². The van der Waals surface area contributed by atoms with Crippen LogP contribution >= 0.6 is 0 Å². The molecule has 0 saturated heterocycles. The number of amides is 1. The van der Waals surface area contributed by atoms with Crippen LogP contribution in [0.25, 0.3) is 0 Å².